The first-order chi connectivity index (χ1) is 7.68. The van der Waals surface area contributed by atoms with Gasteiger partial charge in [-0.2, -0.15) is 0 Å². The van der Waals surface area contributed by atoms with Crippen LogP contribution in [0.4, 0.5) is 0 Å². The molecule has 0 aliphatic carbocycles. The highest BCUT2D eigenvalue weighted by Crippen LogP contribution is 2.44. The third kappa shape index (κ3) is 3.94. The van der Waals surface area contributed by atoms with Gasteiger partial charge in [0, 0.05) is 12.0 Å². The average molecular weight is 242 g/mol. The van der Waals surface area contributed by atoms with Gasteiger partial charge in [-0.05, 0) is 52.9 Å². The van der Waals surface area contributed by atoms with Gasteiger partial charge in [-0.3, -0.25) is 11.3 Å². The molecule has 1 heterocycles. The van der Waals surface area contributed by atoms with Gasteiger partial charge in [0.25, 0.3) is 0 Å². The predicted molar refractivity (Wildman–Crippen MR) is 72.5 cm³/mol. The SMILES string of the molecule is CC(C)CCC(NN)C1CC(C)(C)OC1(C)C. The van der Waals surface area contributed by atoms with E-state index in [9.17, 15) is 0 Å². The molecule has 2 unspecified atom stereocenters. The first-order valence-electron chi connectivity index (χ1n) is 6.84. The van der Waals surface area contributed by atoms with Crippen molar-refractivity contribution < 1.29 is 4.74 Å². The molecule has 0 aromatic carbocycles. The molecule has 17 heavy (non-hydrogen) atoms. The van der Waals surface area contributed by atoms with Crippen LogP contribution >= 0.6 is 0 Å². The van der Waals surface area contributed by atoms with Crippen molar-refractivity contribution in [1.82, 2.24) is 5.43 Å². The minimum Gasteiger partial charge on any atom is -0.369 e. The standard InChI is InChI=1S/C14H30N2O/c1-10(2)7-8-12(16-15)11-9-13(3,4)17-14(11,5)6/h10-12,16H,7-9,15H2,1-6H3. The first kappa shape index (κ1) is 14.9. The van der Waals surface area contributed by atoms with E-state index in [1.807, 2.05) is 0 Å². The maximum absolute atomic E-state index is 6.14. The number of nitrogens with one attached hydrogen (secondary N) is 1. The van der Waals surface area contributed by atoms with Crippen LogP contribution in [0.1, 0.15) is 60.8 Å². The Balaban J connectivity index is 2.68. The highest BCUT2D eigenvalue weighted by molar-refractivity contribution is 4.99. The second-order valence-electron chi connectivity index (χ2n) is 7.02. The summed E-state index contributed by atoms with van der Waals surface area (Å²) >= 11 is 0. The molecule has 0 aromatic rings. The van der Waals surface area contributed by atoms with Gasteiger partial charge in [-0.25, -0.2) is 0 Å². The van der Waals surface area contributed by atoms with Crippen molar-refractivity contribution in [2.24, 2.45) is 17.7 Å². The van der Waals surface area contributed by atoms with Gasteiger partial charge in [0.2, 0.25) is 0 Å². The summed E-state index contributed by atoms with van der Waals surface area (Å²) in [6.07, 6.45) is 3.41. The molecule has 1 aliphatic heterocycles. The van der Waals surface area contributed by atoms with Crippen molar-refractivity contribution in [1.29, 1.82) is 0 Å². The molecule has 0 amide bonds. The van der Waals surface area contributed by atoms with E-state index in [-0.39, 0.29) is 11.2 Å². The molecule has 2 atom stereocenters. The Hall–Kier alpha value is -0.120. The van der Waals surface area contributed by atoms with E-state index in [0.717, 1.165) is 18.8 Å². The fourth-order valence-corrected chi connectivity index (χ4v) is 3.15. The number of ether oxygens (including phenoxy) is 1. The van der Waals surface area contributed by atoms with Gasteiger partial charge in [-0.15, -0.1) is 0 Å². The van der Waals surface area contributed by atoms with Crippen LogP contribution in [0.2, 0.25) is 0 Å². The highest BCUT2D eigenvalue weighted by atomic mass is 16.5. The first-order valence-corrected chi connectivity index (χ1v) is 6.84. The van der Waals surface area contributed by atoms with Gasteiger partial charge >= 0.3 is 0 Å². The van der Waals surface area contributed by atoms with Gasteiger partial charge in [0.05, 0.1) is 11.2 Å². The van der Waals surface area contributed by atoms with Crippen LogP contribution < -0.4 is 11.3 Å². The van der Waals surface area contributed by atoms with Crippen molar-refractivity contribution in [3.8, 4) is 0 Å². The minimum absolute atomic E-state index is 0.0267. The Morgan fingerprint density at radius 1 is 1.24 bits per heavy atom. The maximum Gasteiger partial charge on any atom is 0.0678 e. The lowest BCUT2D eigenvalue weighted by molar-refractivity contribution is -0.0780. The van der Waals surface area contributed by atoms with E-state index >= 15 is 0 Å². The van der Waals surface area contributed by atoms with Crippen LogP contribution in [0.15, 0.2) is 0 Å². The van der Waals surface area contributed by atoms with Crippen molar-refractivity contribution >= 4 is 0 Å². The van der Waals surface area contributed by atoms with Crippen molar-refractivity contribution in [3.05, 3.63) is 0 Å². The molecule has 1 rings (SSSR count). The van der Waals surface area contributed by atoms with Gasteiger partial charge in [0.1, 0.15) is 0 Å². The largest absolute Gasteiger partial charge is 0.369 e. The zero-order valence-electron chi connectivity index (χ0n) is 12.3. The number of hydrogen-bond donors (Lipinski definition) is 2. The molecular weight excluding hydrogens is 212 g/mol. The zero-order valence-corrected chi connectivity index (χ0v) is 12.3. The molecule has 102 valence electrons. The normalized spacial score (nSPS) is 28.6. The Labute approximate surface area is 106 Å². The van der Waals surface area contributed by atoms with E-state index in [1.54, 1.807) is 0 Å². The Morgan fingerprint density at radius 3 is 2.18 bits per heavy atom. The summed E-state index contributed by atoms with van der Waals surface area (Å²) in [6, 6.07) is 0.356. The van der Waals surface area contributed by atoms with E-state index in [2.05, 4.69) is 47.0 Å². The van der Waals surface area contributed by atoms with Crippen LogP contribution in [0.5, 0.6) is 0 Å². The third-order valence-electron chi connectivity index (χ3n) is 3.90. The smallest absolute Gasteiger partial charge is 0.0678 e. The van der Waals surface area contributed by atoms with Crippen LogP contribution in [0.25, 0.3) is 0 Å². The van der Waals surface area contributed by atoms with Gasteiger partial charge < -0.3 is 4.74 Å². The highest BCUT2D eigenvalue weighted by Gasteiger charge is 2.48. The van der Waals surface area contributed by atoms with Crippen molar-refractivity contribution in [2.75, 3.05) is 0 Å². The molecule has 3 N–H and O–H groups in total. The zero-order chi connectivity index (χ0) is 13.3. The van der Waals surface area contributed by atoms with Gasteiger partial charge in [0.15, 0.2) is 0 Å². The Morgan fingerprint density at radius 2 is 1.82 bits per heavy atom. The molecule has 1 aliphatic rings. The molecule has 0 saturated carbocycles. The van der Waals surface area contributed by atoms with Crippen molar-refractivity contribution in [2.45, 2.75) is 78.0 Å². The van der Waals surface area contributed by atoms with Crippen LogP contribution in [0, 0.1) is 11.8 Å². The molecule has 0 spiro atoms. The third-order valence-corrected chi connectivity index (χ3v) is 3.90. The summed E-state index contributed by atoms with van der Waals surface area (Å²) in [5.74, 6) is 6.96. The quantitative estimate of drug-likeness (QED) is 0.575. The Bertz CT molecular complexity index is 249. The molecule has 3 heteroatoms. The summed E-state index contributed by atoms with van der Waals surface area (Å²) in [4.78, 5) is 0. The van der Waals surface area contributed by atoms with E-state index in [0.29, 0.717) is 12.0 Å². The molecule has 1 saturated heterocycles. The topological polar surface area (TPSA) is 47.3 Å². The fourth-order valence-electron chi connectivity index (χ4n) is 3.15. The average Bonchev–Trinajstić information content (AvgIpc) is 2.35. The second-order valence-corrected chi connectivity index (χ2v) is 7.02. The molecule has 0 bridgehead atoms. The van der Waals surface area contributed by atoms with E-state index in [4.69, 9.17) is 10.6 Å². The molecule has 3 nitrogen and oxygen atoms in total. The summed E-state index contributed by atoms with van der Waals surface area (Å²) < 4.78 is 6.14. The molecule has 0 radical (unpaired) electrons. The maximum atomic E-state index is 6.14. The summed E-state index contributed by atoms with van der Waals surface area (Å²) in [5, 5.41) is 0. The fraction of sp³-hybridized carbons (Fsp3) is 1.00. The minimum atomic E-state index is -0.0858. The van der Waals surface area contributed by atoms with Crippen LogP contribution in [0.3, 0.4) is 0 Å². The lowest BCUT2D eigenvalue weighted by atomic mass is 9.79. The number of rotatable bonds is 5. The van der Waals surface area contributed by atoms with Gasteiger partial charge in [-0.1, -0.05) is 13.8 Å². The summed E-state index contributed by atoms with van der Waals surface area (Å²) in [5.41, 5.74) is 2.90. The van der Waals surface area contributed by atoms with Crippen molar-refractivity contribution in [3.63, 3.8) is 0 Å². The van der Waals surface area contributed by atoms with E-state index in [1.165, 1.54) is 6.42 Å². The molecule has 1 fully saturated rings. The van der Waals surface area contributed by atoms with Crippen LogP contribution in [-0.4, -0.2) is 17.2 Å². The number of nitrogens with two attached hydrogens (primary N) is 1. The predicted octanol–water partition coefficient (Wildman–Crippen LogP) is 2.85. The monoisotopic (exact) mass is 242 g/mol. The second kappa shape index (κ2) is 5.25. The number of hydrazine groups is 1. The summed E-state index contributed by atoms with van der Waals surface area (Å²) in [6.45, 7) is 13.2. The van der Waals surface area contributed by atoms with Crippen LogP contribution in [-0.2, 0) is 4.74 Å². The molecule has 0 aromatic heterocycles. The summed E-state index contributed by atoms with van der Waals surface area (Å²) in [7, 11) is 0. The molecular formula is C14H30N2O. The lowest BCUT2D eigenvalue weighted by Gasteiger charge is -2.33. The Kier molecular flexibility index (Phi) is 4.61. The number of hydrogen-bond acceptors (Lipinski definition) is 3. The van der Waals surface area contributed by atoms with E-state index < -0.39 is 0 Å². The lowest BCUT2D eigenvalue weighted by Crippen LogP contribution is -2.47.